The summed E-state index contributed by atoms with van der Waals surface area (Å²) in [6, 6.07) is 13.5. The Bertz CT molecular complexity index is 650. The molecule has 2 aromatic rings. The molecule has 1 N–H and O–H groups in total. The third-order valence-corrected chi connectivity index (χ3v) is 3.55. The van der Waals surface area contributed by atoms with Crippen LogP contribution in [0.4, 0.5) is 0 Å². The highest BCUT2D eigenvalue weighted by molar-refractivity contribution is 5.90. The second-order valence-electron chi connectivity index (χ2n) is 4.89. The largest absolute Gasteiger partial charge is 0.491 e. The number of esters is 1. The fraction of sp³-hybridized carbons (Fsp3) is 0.235. The van der Waals surface area contributed by atoms with Crippen LogP contribution >= 0.6 is 0 Å². The summed E-state index contributed by atoms with van der Waals surface area (Å²) in [6.45, 7) is 2.31. The van der Waals surface area contributed by atoms with E-state index in [9.17, 15) is 4.79 Å². The summed E-state index contributed by atoms with van der Waals surface area (Å²) in [6.07, 6.45) is 0. The van der Waals surface area contributed by atoms with Crippen LogP contribution < -0.4 is 10.1 Å². The van der Waals surface area contributed by atoms with Crippen LogP contribution in [0.25, 0.3) is 11.1 Å². The van der Waals surface area contributed by atoms with Gasteiger partial charge in [-0.25, -0.2) is 4.79 Å². The van der Waals surface area contributed by atoms with E-state index in [0.29, 0.717) is 12.2 Å². The number of hydrogen-bond acceptors (Lipinski definition) is 4. The predicted molar refractivity (Wildman–Crippen MR) is 80.4 cm³/mol. The third-order valence-electron chi connectivity index (χ3n) is 3.55. The highest BCUT2D eigenvalue weighted by atomic mass is 16.5. The van der Waals surface area contributed by atoms with Crippen LogP contribution in [0.3, 0.4) is 0 Å². The highest BCUT2D eigenvalue weighted by Crippen LogP contribution is 2.34. The first kappa shape index (κ1) is 13.6. The van der Waals surface area contributed by atoms with Crippen LogP contribution in [0.2, 0.25) is 0 Å². The lowest BCUT2D eigenvalue weighted by Gasteiger charge is -2.13. The Balaban J connectivity index is 1.99. The summed E-state index contributed by atoms with van der Waals surface area (Å²) in [7, 11) is 1.38. The van der Waals surface area contributed by atoms with Crippen molar-refractivity contribution in [3.63, 3.8) is 0 Å². The van der Waals surface area contributed by atoms with Gasteiger partial charge in [-0.15, -0.1) is 0 Å². The minimum Gasteiger partial charge on any atom is -0.491 e. The summed E-state index contributed by atoms with van der Waals surface area (Å²) in [5, 5.41) is 3.33. The van der Waals surface area contributed by atoms with E-state index in [-0.39, 0.29) is 5.97 Å². The molecule has 2 aromatic carbocycles. The average Bonchev–Trinajstić information content (AvgIpc) is 2.79. The van der Waals surface area contributed by atoms with Crippen LogP contribution in [0, 0.1) is 0 Å². The van der Waals surface area contributed by atoms with E-state index >= 15 is 0 Å². The molecule has 0 amide bonds. The van der Waals surface area contributed by atoms with Crippen LogP contribution in [0.5, 0.6) is 5.75 Å². The maximum Gasteiger partial charge on any atom is 0.337 e. The monoisotopic (exact) mass is 283 g/mol. The predicted octanol–water partition coefficient (Wildman–Crippen LogP) is 2.62. The molecule has 0 unspecified atom stereocenters. The lowest BCUT2D eigenvalue weighted by atomic mass is 10.00. The smallest absolute Gasteiger partial charge is 0.337 e. The molecule has 108 valence electrons. The molecular formula is C17H17NO3. The van der Waals surface area contributed by atoms with Gasteiger partial charge < -0.3 is 14.8 Å². The van der Waals surface area contributed by atoms with Crippen molar-refractivity contribution >= 4 is 5.97 Å². The Morgan fingerprint density at radius 1 is 1.19 bits per heavy atom. The van der Waals surface area contributed by atoms with Crippen molar-refractivity contribution in [2.24, 2.45) is 0 Å². The zero-order chi connectivity index (χ0) is 14.7. The molecule has 0 aromatic heterocycles. The van der Waals surface area contributed by atoms with Crippen molar-refractivity contribution in [1.82, 2.24) is 5.32 Å². The number of fused-ring (bicyclic) bond motifs is 1. The quantitative estimate of drug-likeness (QED) is 0.861. The molecule has 0 bridgehead atoms. The molecule has 0 spiro atoms. The van der Waals surface area contributed by atoms with Gasteiger partial charge in [0.25, 0.3) is 0 Å². The Labute approximate surface area is 123 Å². The molecule has 4 heteroatoms. The van der Waals surface area contributed by atoms with Gasteiger partial charge in [-0.2, -0.15) is 0 Å². The molecule has 0 saturated carbocycles. The SMILES string of the molecule is COC(=O)c1ccc(-c2cccc3c2OCCNC3)cc1. The van der Waals surface area contributed by atoms with Gasteiger partial charge in [-0.3, -0.25) is 0 Å². The van der Waals surface area contributed by atoms with E-state index in [2.05, 4.69) is 11.4 Å². The molecule has 0 fully saturated rings. The molecule has 0 saturated heterocycles. The van der Waals surface area contributed by atoms with E-state index in [1.165, 1.54) is 7.11 Å². The van der Waals surface area contributed by atoms with Crippen molar-refractivity contribution in [3.05, 3.63) is 53.6 Å². The van der Waals surface area contributed by atoms with Gasteiger partial charge in [-0.1, -0.05) is 30.3 Å². The zero-order valence-electron chi connectivity index (χ0n) is 11.9. The van der Waals surface area contributed by atoms with Crippen LogP contribution in [-0.4, -0.2) is 26.2 Å². The van der Waals surface area contributed by atoms with Crippen LogP contribution in [0.1, 0.15) is 15.9 Å². The highest BCUT2D eigenvalue weighted by Gasteiger charge is 2.14. The Kier molecular flexibility index (Phi) is 3.88. The molecule has 0 aliphatic carbocycles. The van der Waals surface area contributed by atoms with Crippen molar-refractivity contribution in [2.75, 3.05) is 20.3 Å². The number of ether oxygens (including phenoxy) is 2. The second-order valence-corrected chi connectivity index (χ2v) is 4.89. The number of carbonyl (C=O) groups is 1. The van der Waals surface area contributed by atoms with Gasteiger partial charge in [0.15, 0.2) is 0 Å². The fourth-order valence-corrected chi connectivity index (χ4v) is 2.47. The van der Waals surface area contributed by atoms with E-state index < -0.39 is 0 Å². The lowest BCUT2D eigenvalue weighted by molar-refractivity contribution is 0.0601. The average molecular weight is 283 g/mol. The Morgan fingerprint density at radius 2 is 2.00 bits per heavy atom. The van der Waals surface area contributed by atoms with E-state index in [0.717, 1.165) is 35.5 Å². The topological polar surface area (TPSA) is 47.6 Å². The molecule has 21 heavy (non-hydrogen) atoms. The van der Waals surface area contributed by atoms with Crippen molar-refractivity contribution in [2.45, 2.75) is 6.54 Å². The first-order valence-electron chi connectivity index (χ1n) is 6.94. The molecule has 1 aliphatic rings. The van der Waals surface area contributed by atoms with Gasteiger partial charge in [0.05, 0.1) is 12.7 Å². The lowest BCUT2D eigenvalue weighted by Crippen LogP contribution is -2.16. The minimum absolute atomic E-state index is 0.325. The number of benzene rings is 2. The van der Waals surface area contributed by atoms with Gasteiger partial charge in [-0.05, 0) is 17.7 Å². The summed E-state index contributed by atoms with van der Waals surface area (Å²) >= 11 is 0. The molecule has 0 atom stereocenters. The standard InChI is InChI=1S/C17H17NO3/c1-20-17(19)13-7-5-12(6-8-13)15-4-2-3-14-11-18-9-10-21-16(14)15/h2-8,18H,9-11H2,1H3. The summed E-state index contributed by atoms with van der Waals surface area (Å²) in [5.74, 6) is 0.599. The first-order valence-corrected chi connectivity index (χ1v) is 6.94. The van der Waals surface area contributed by atoms with Crippen molar-refractivity contribution in [3.8, 4) is 16.9 Å². The first-order chi connectivity index (χ1) is 10.3. The number of methoxy groups -OCH3 is 1. The fourth-order valence-electron chi connectivity index (χ4n) is 2.47. The molecule has 1 aliphatic heterocycles. The molecule has 1 heterocycles. The molecular weight excluding hydrogens is 266 g/mol. The number of hydrogen-bond donors (Lipinski definition) is 1. The number of carbonyl (C=O) groups excluding carboxylic acids is 1. The zero-order valence-corrected chi connectivity index (χ0v) is 11.9. The summed E-state index contributed by atoms with van der Waals surface area (Å²) in [4.78, 5) is 11.5. The number of para-hydroxylation sites is 1. The van der Waals surface area contributed by atoms with Gasteiger partial charge in [0.2, 0.25) is 0 Å². The Morgan fingerprint density at radius 3 is 2.76 bits per heavy atom. The van der Waals surface area contributed by atoms with Crippen molar-refractivity contribution < 1.29 is 14.3 Å². The van der Waals surface area contributed by atoms with Crippen LogP contribution in [0.15, 0.2) is 42.5 Å². The molecule has 3 rings (SSSR count). The number of nitrogens with one attached hydrogen (secondary N) is 1. The van der Waals surface area contributed by atoms with E-state index in [1.54, 1.807) is 12.1 Å². The molecule has 4 nitrogen and oxygen atoms in total. The van der Waals surface area contributed by atoms with E-state index in [1.807, 2.05) is 24.3 Å². The van der Waals surface area contributed by atoms with Gasteiger partial charge >= 0.3 is 5.97 Å². The minimum atomic E-state index is -0.325. The third kappa shape index (κ3) is 2.76. The Hall–Kier alpha value is -2.33. The summed E-state index contributed by atoms with van der Waals surface area (Å²) in [5.41, 5.74) is 3.78. The van der Waals surface area contributed by atoms with Crippen LogP contribution in [-0.2, 0) is 11.3 Å². The van der Waals surface area contributed by atoms with Gasteiger partial charge in [0, 0.05) is 24.2 Å². The normalized spacial score (nSPS) is 13.8. The number of rotatable bonds is 2. The second kappa shape index (κ2) is 5.97. The maximum absolute atomic E-state index is 11.5. The van der Waals surface area contributed by atoms with Crippen molar-refractivity contribution in [1.29, 1.82) is 0 Å². The molecule has 0 radical (unpaired) electrons. The maximum atomic E-state index is 11.5. The summed E-state index contributed by atoms with van der Waals surface area (Å²) < 4.78 is 10.6. The van der Waals surface area contributed by atoms with E-state index in [4.69, 9.17) is 9.47 Å². The van der Waals surface area contributed by atoms with Gasteiger partial charge in [0.1, 0.15) is 12.4 Å².